The highest BCUT2D eigenvalue weighted by molar-refractivity contribution is 5.94. The van der Waals surface area contributed by atoms with E-state index in [9.17, 15) is 4.79 Å². The summed E-state index contributed by atoms with van der Waals surface area (Å²) in [6.45, 7) is 0. The molecule has 1 aromatic rings. The molecule has 0 aromatic heterocycles. The summed E-state index contributed by atoms with van der Waals surface area (Å²) in [4.78, 5) is 10.8. The first kappa shape index (κ1) is 9.27. The van der Waals surface area contributed by atoms with Crippen molar-refractivity contribution in [2.45, 2.75) is 6.42 Å². The zero-order chi connectivity index (χ0) is 9.68. The van der Waals surface area contributed by atoms with Gasteiger partial charge in [-0.3, -0.25) is 4.79 Å². The van der Waals surface area contributed by atoms with Crippen molar-refractivity contribution < 1.29 is 4.79 Å². The maximum absolute atomic E-state index is 10.8. The van der Waals surface area contributed by atoms with Gasteiger partial charge in [-0.15, -0.1) is 0 Å². The number of rotatable bonds is 3. The predicted molar refractivity (Wildman–Crippen MR) is 50.3 cm³/mol. The van der Waals surface area contributed by atoms with Crippen LogP contribution in [0.3, 0.4) is 0 Å². The van der Waals surface area contributed by atoms with E-state index in [0.717, 1.165) is 11.3 Å². The van der Waals surface area contributed by atoms with Crippen molar-refractivity contribution in [1.29, 1.82) is 5.26 Å². The highest BCUT2D eigenvalue weighted by Crippen LogP contribution is 2.08. The molecule has 1 rings (SSSR count). The van der Waals surface area contributed by atoms with E-state index >= 15 is 0 Å². The van der Waals surface area contributed by atoms with E-state index in [1.165, 1.54) is 0 Å². The zero-order valence-electron chi connectivity index (χ0n) is 7.37. The van der Waals surface area contributed by atoms with Gasteiger partial charge in [0.1, 0.15) is 6.07 Å². The number of benzene rings is 1. The molecule has 0 saturated carbocycles. The number of hydrogen-bond donors (Lipinski definition) is 1. The Kier molecular flexibility index (Phi) is 3.04. The van der Waals surface area contributed by atoms with Gasteiger partial charge in [-0.25, -0.2) is 0 Å². The summed E-state index contributed by atoms with van der Waals surface area (Å²) in [7, 11) is 1.83. The summed E-state index contributed by atoms with van der Waals surface area (Å²) in [6, 6.07) is 9.01. The maximum atomic E-state index is 10.8. The van der Waals surface area contributed by atoms with E-state index in [1.54, 1.807) is 6.07 Å². The van der Waals surface area contributed by atoms with Crippen LogP contribution in [0.1, 0.15) is 5.56 Å². The lowest BCUT2D eigenvalue weighted by Gasteiger charge is -2.00. The lowest BCUT2D eigenvalue weighted by molar-refractivity contribution is -0.113. The predicted octanol–water partition coefficient (Wildman–Crippen LogP) is 1.36. The van der Waals surface area contributed by atoms with Gasteiger partial charge in [0.05, 0.1) is 0 Å². The highest BCUT2D eigenvalue weighted by Gasteiger charge is 2.00. The van der Waals surface area contributed by atoms with Crippen molar-refractivity contribution >= 4 is 11.5 Å². The molecule has 0 aliphatic heterocycles. The summed E-state index contributed by atoms with van der Waals surface area (Å²) in [6.07, 6.45) is 0.195. The van der Waals surface area contributed by atoms with Gasteiger partial charge in [-0.05, 0) is 17.7 Å². The van der Waals surface area contributed by atoms with Crippen LogP contribution < -0.4 is 5.32 Å². The first-order chi connectivity index (χ1) is 6.26. The minimum absolute atomic E-state index is 0.195. The second kappa shape index (κ2) is 4.27. The Morgan fingerprint density at radius 1 is 1.46 bits per heavy atom. The smallest absolute Gasteiger partial charge is 0.236 e. The van der Waals surface area contributed by atoms with E-state index in [-0.39, 0.29) is 6.42 Å². The molecule has 0 fully saturated rings. The fourth-order valence-corrected chi connectivity index (χ4v) is 1.01. The van der Waals surface area contributed by atoms with Gasteiger partial charge < -0.3 is 5.32 Å². The van der Waals surface area contributed by atoms with E-state index in [1.807, 2.05) is 31.3 Å². The Morgan fingerprint density at radius 2 is 2.08 bits per heavy atom. The normalized spacial score (nSPS) is 8.92. The van der Waals surface area contributed by atoms with Crippen molar-refractivity contribution in [2.24, 2.45) is 0 Å². The second-order valence-corrected chi connectivity index (χ2v) is 2.66. The molecule has 1 N–H and O–H groups in total. The van der Waals surface area contributed by atoms with Crippen LogP contribution in [0.15, 0.2) is 24.3 Å². The summed E-state index contributed by atoms with van der Waals surface area (Å²) in [5, 5.41) is 11.3. The van der Waals surface area contributed by atoms with Crippen molar-refractivity contribution in [3.05, 3.63) is 29.8 Å². The van der Waals surface area contributed by atoms with Gasteiger partial charge in [0.2, 0.25) is 5.78 Å². The van der Waals surface area contributed by atoms with Crippen molar-refractivity contribution in [1.82, 2.24) is 0 Å². The largest absolute Gasteiger partial charge is 0.388 e. The molecule has 0 aliphatic carbocycles. The van der Waals surface area contributed by atoms with E-state index in [4.69, 9.17) is 5.26 Å². The molecule has 13 heavy (non-hydrogen) atoms. The van der Waals surface area contributed by atoms with Gasteiger partial charge in [0.15, 0.2) is 0 Å². The van der Waals surface area contributed by atoms with Crippen LogP contribution >= 0.6 is 0 Å². The quantitative estimate of drug-likeness (QED) is 0.704. The summed E-state index contributed by atoms with van der Waals surface area (Å²) in [5.41, 5.74) is 1.86. The molecular weight excluding hydrogens is 164 g/mol. The van der Waals surface area contributed by atoms with Gasteiger partial charge in [0.25, 0.3) is 0 Å². The number of anilines is 1. The Hall–Kier alpha value is -1.82. The number of carbonyl (C=O) groups is 1. The summed E-state index contributed by atoms with van der Waals surface area (Å²) < 4.78 is 0. The fraction of sp³-hybridized carbons (Fsp3) is 0.200. The molecule has 0 heterocycles. The summed E-state index contributed by atoms with van der Waals surface area (Å²) >= 11 is 0. The lowest BCUT2D eigenvalue weighted by atomic mass is 10.1. The van der Waals surface area contributed by atoms with Crippen LogP contribution in [0.4, 0.5) is 5.69 Å². The zero-order valence-corrected chi connectivity index (χ0v) is 7.37. The number of Topliss-reactive ketones (excluding diaryl/α,β-unsaturated/α-hetero) is 1. The SMILES string of the molecule is CNc1ccc(CC(=O)C#N)cc1. The molecule has 0 atom stereocenters. The first-order valence-electron chi connectivity index (χ1n) is 3.96. The Bertz CT molecular complexity index is 335. The lowest BCUT2D eigenvalue weighted by Crippen LogP contribution is -1.98. The second-order valence-electron chi connectivity index (χ2n) is 2.66. The molecule has 3 nitrogen and oxygen atoms in total. The average Bonchev–Trinajstić information content (AvgIpc) is 2.19. The fourth-order valence-electron chi connectivity index (χ4n) is 1.01. The number of nitrogens with one attached hydrogen (secondary N) is 1. The first-order valence-corrected chi connectivity index (χ1v) is 3.96. The third-order valence-electron chi connectivity index (χ3n) is 1.73. The topological polar surface area (TPSA) is 52.9 Å². The summed E-state index contributed by atoms with van der Waals surface area (Å²) in [5.74, 6) is -0.405. The van der Waals surface area contributed by atoms with Crippen molar-refractivity contribution in [3.63, 3.8) is 0 Å². The molecule has 0 radical (unpaired) electrons. The third kappa shape index (κ3) is 2.60. The molecule has 3 heteroatoms. The minimum Gasteiger partial charge on any atom is -0.388 e. The van der Waals surface area contributed by atoms with Crippen LogP contribution in [0.2, 0.25) is 0 Å². The number of hydrogen-bond acceptors (Lipinski definition) is 3. The molecule has 0 aliphatic rings. The average molecular weight is 174 g/mol. The molecular formula is C10H10N2O. The number of carbonyl (C=O) groups excluding carboxylic acids is 1. The van der Waals surface area contributed by atoms with E-state index < -0.39 is 5.78 Å². The van der Waals surface area contributed by atoms with Crippen LogP contribution in [0, 0.1) is 11.3 Å². The minimum atomic E-state index is -0.405. The van der Waals surface area contributed by atoms with Crippen molar-refractivity contribution in [2.75, 3.05) is 12.4 Å². The number of ketones is 1. The van der Waals surface area contributed by atoms with Gasteiger partial charge in [-0.2, -0.15) is 5.26 Å². The molecule has 0 spiro atoms. The Labute approximate surface area is 77.0 Å². The van der Waals surface area contributed by atoms with Crippen molar-refractivity contribution in [3.8, 4) is 6.07 Å². The standard InChI is InChI=1S/C10H10N2O/c1-12-9-4-2-8(3-5-9)6-10(13)7-11/h2-5,12H,6H2,1H3. The molecule has 0 saturated heterocycles. The number of nitrogens with zero attached hydrogens (tertiary/aromatic N) is 1. The van der Waals surface area contributed by atoms with Crippen LogP contribution in [0.5, 0.6) is 0 Å². The van der Waals surface area contributed by atoms with E-state index in [2.05, 4.69) is 5.32 Å². The molecule has 0 unspecified atom stereocenters. The molecule has 1 aromatic carbocycles. The van der Waals surface area contributed by atoms with Crippen LogP contribution in [0.25, 0.3) is 0 Å². The highest BCUT2D eigenvalue weighted by atomic mass is 16.1. The van der Waals surface area contributed by atoms with Gasteiger partial charge in [0, 0.05) is 19.2 Å². The van der Waals surface area contributed by atoms with Gasteiger partial charge in [-0.1, -0.05) is 12.1 Å². The molecule has 0 bridgehead atoms. The Morgan fingerprint density at radius 3 is 2.54 bits per heavy atom. The van der Waals surface area contributed by atoms with Crippen LogP contribution in [-0.4, -0.2) is 12.8 Å². The van der Waals surface area contributed by atoms with E-state index in [0.29, 0.717) is 0 Å². The monoisotopic (exact) mass is 174 g/mol. The molecule has 66 valence electrons. The Balaban J connectivity index is 2.71. The number of nitriles is 1. The molecule has 0 amide bonds. The van der Waals surface area contributed by atoms with Crippen LogP contribution in [-0.2, 0) is 11.2 Å². The third-order valence-corrected chi connectivity index (χ3v) is 1.73. The maximum Gasteiger partial charge on any atom is 0.236 e. The van der Waals surface area contributed by atoms with Gasteiger partial charge >= 0.3 is 0 Å².